The van der Waals surface area contributed by atoms with E-state index in [0.29, 0.717) is 24.3 Å². The van der Waals surface area contributed by atoms with Gasteiger partial charge in [-0.05, 0) is 13.8 Å². The largest absolute Gasteiger partial charge is 0.332 e. The Morgan fingerprint density at radius 3 is 2.29 bits per heavy atom. The summed E-state index contributed by atoms with van der Waals surface area (Å²) in [7, 11) is 1.75. The van der Waals surface area contributed by atoms with Gasteiger partial charge >= 0.3 is 5.69 Å². The van der Waals surface area contributed by atoms with Crippen LogP contribution in [0.25, 0.3) is 11.2 Å². The second-order valence-corrected chi connectivity index (χ2v) is 3.60. The summed E-state index contributed by atoms with van der Waals surface area (Å²) >= 11 is 0. The molecule has 17 heavy (non-hydrogen) atoms. The lowest BCUT2D eigenvalue weighted by molar-refractivity contribution is 0.604. The number of fused-ring (bicyclic) bond motifs is 1. The van der Waals surface area contributed by atoms with Crippen LogP contribution in [0.15, 0.2) is 15.9 Å². The molecule has 2 aromatic rings. The molecule has 0 aliphatic rings. The van der Waals surface area contributed by atoms with Gasteiger partial charge in [-0.25, -0.2) is 9.78 Å². The normalized spacial score (nSPS) is 10.5. The number of aromatic nitrogens is 4. The van der Waals surface area contributed by atoms with Crippen molar-refractivity contribution in [3.05, 3.63) is 27.2 Å². The van der Waals surface area contributed by atoms with Crippen LogP contribution >= 0.6 is 0 Å². The van der Waals surface area contributed by atoms with E-state index in [2.05, 4.69) is 4.98 Å². The van der Waals surface area contributed by atoms with Crippen molar-refractivity contribution in [2.24, 2.45) is 7.05 Å². The van der Waals surface area contributed by atoms with Gasteiger partial charge < -0.3 is 4.57 Å². The van der Waals surface area contributed by atoms with Crippen LogP contribution in [-0.2, 0) is 20.1 Å². The number of imidazole rings is 1. The second kappa shape index (κ2) is 4.52. The molecule has 0 N–H and O–H groups in total. The fraction of sp³-hybridized carbons (Fsp3) is 0.500. The maximum absolute atomic E-state index is 12.0. The van der Waals surface area contributed by atoms with Crippen LogP contribution in [0, 0.1) is 0 Å². The summed E-state index contributed by atoms with van der Waals surface area (Å²) in [5.41, 5.74) is 0.376. The van der Waals surface area contributed by atoms with Gasteiger partial charge in [0.05, 0.1) is 6.33 Å². The average molecular weight is 242 g/mol. The van der Waals surface area contributed by atoms with Crippen molar-refractivity contribution in [1.82, 2.24) is 18.7 Å². The van der Waals surface area contributed by atoms with Crippen molar-refractivity contribution in [2.75, 3.05) is 0 Å². The first-order chi connectivity index (χ1) is 7.61. The number of hydrogen-bond donors (Lipinski definition) is 0. The summed E-state index contributed by atoms with van der Waals surface area (Å²) < 4.78 is 4.39. The SMILES string of the molecule is CCn1c(=O)c2c(ncn2C)n(CC)c1=O.F. The highest BCUT2D eigenvalue weighted by Crippen LogP contribution is 2.04. The first-order valence-corrected chi connectivity index (χ1v) is 5.26. The van der Waals surface area contributed by atoms with Gasteiger partial charge in [0, 0.05) is 20.1 Å². The zero-order valence-corrected chi connectivity index (χ0v) is 10.0. The molecule has 0 fully saturated rings. The molecule has 0 amide bonds. The van der Waals surface area contributed by atoms with Gasteiger partial charge in [0.15, 0.2) is 11.2 Å². The summed E-state index contributed by atoms with van der Waals surface area (Å²) in [6.45, 7) is 4.52. The van der Waals surface area contributed by atoms with E-state index < -0.39 is 0 Å². The summed E-state index contributed by atoms with van der Waals surface area (Å²) in [6.07, 6.45) is 1.55. The Bertz CT molecular complexity index is 653. The molecular formula is C10H15FN4O2. The lowest BCUT2D eigenvalue weighted by Crippen LogP contribution is -2.39. The number of nitrogens with zero attached hydrogens (tertiary/aromatic N) is 4. The Balaban J connectivity index is 0.00000144. The van der Waals surface area contributed by atoms with Gasteiger partial charge in [0.25, 0.3) is 5.56 Å². The van der Waals surface area contributed by atoms with E-state index in [-0.39, 0.29) is 16.0 Å². The predicted molar refractivity (Wildman–Crippen MR) is 63.1 cm³/mol. The summed E-state index contributed by atoms with van der Waals surface area (Å²) in [5, 5.41) is 0. The molecule has 7 heteroatoms. The highest BCUT2D eigenvalue weighted by molar-refractivity contribution is 5.69. The van der Waals surface area contributed by atoms with E-state index in [9.17, 15) is 9.59 Å². The number of aryl methyl sites for hydroxylation is 2. The first-order valence-electron chi connectivity index (χ1n) is 5.26. The smallest absolute Gasteiger partial charge is 0.328 e. The standard InChI is InChI=1S/C10H14N4O2.FH/c1-4-13-8-7(12(3)6-11-8)9(15)14(5-2)10(13)16;/h6H,4-5H2,1-3H3;1H. The lowest BCUT2D eigenvalue weighted by atomic mass is 10.4. The Hall–Kier alpha value is -1.92. The minimum Gasteiger partial charge on any atom is -0.328 e. The average Bonchev–Trinajstić information content (AvgIpc) is 2.62. The molecule has 0 aliphatic heterocycles. The number of halogens is 1. The number of rotatable bonds is 2. The van der Waals surface area contributed by atoms with E-state index in [4.69, 9.17) is 0 Å². The Labute approximate surface area is 96.5 Å². The molecule has 0 radical (unpaired) electrons. The van der Waals surface area contributed by atoms with Gasteiger partial charge in [-0.15, -0.1) is 0 Å². The summed E-state index contributed by atoms with van der Waals surface area (Å²) in [5.74, 6) is 0. The minimum atomic E-state index is -0.291. The third-order valence-corrected chi connectivity index (χ3v) is 2.72. The maximum atomic E-state index is 12.0. The molecule has 0 bridgehead atoms. The van der Waals surface area contributed by atoms with E-state index in [0.717, 1.165) is 0 Å². The molecule has 2 heterocycles. The van der Waals surface area contributed by atoms with Crippen LogP contribution in [0.4, 0.5) is 4.70 Å². The molecule has 94 valence electrons. The minimum absolute atomic E-state index is 0. The molecule has 0 aromatic carbocycles. The lowest BCUT2D eigenvalue weighted by Gasteiger charge is -2.07. The number of hydrogen-bond acceptors (Lipinski definition) is 3. The Morgan fingerprint density at radius 1 is 1.18 bits per heavy atom. The molecule has 2 aromatic heterocycles. The van der Waals surface area contributed by atoms with Crippen LogP contribution in [0.3, 0.4) is 0 Å². The molecule has 0 atom stereocenters. The first kappa shape index (κ1) is 13.1. The summed E-state index contributed by atoms with van der Waals surface area (Å²) in [6, 6.07) is 0. The molecule has 6 nitrogen and oxygen atoms in total. The van der Waals surface area contributed by atoms with Gasteiger partial charge in [-0.2, -0.15) is 0 Å². The second-order valence-electron chi connectivity index (χ2n) is 3.60. The molecule has 0 spiro atoms. The fourth-order valence-corrected chi connectivity index (χ4v) is 1.88. The highest BCUT2D eigenvalue weighted by Gasteiger charge is 2.14. The fourth-order valence-electron chi connectivity index (χ4n) is 1.88. The maximum Gasteiger partial charge on any atom is 0.332 e. The van der Waals surface area contributed by atoms with Crippen molar-refractivity contribution >= 4 is 11.2 Å². The zero-order chi connectivity index (χ0) is 11.9. The van der Waals surface area contributed by atoms with Crippen molar-refractivity contribution in [2.45, 2.75) is 26.9 Å². The van der Waals surface area contributed by atoms with E-state index in [1.807, 2.05) is 6.92 Å². The highest BCUT2D eigenvalue weighted by atomic mass is 19.0. The van der Waals surface area contributed by atoms with Crippen LogP contribution < -0.4 is 11.2 Å². The molecular weight excluding hydrogens is 227 g/mol. The van der Waals surface area contributed by atoms with Crippen LogP contribution in [-0.4, -0.2) is 18.7 Å². The van der Waals surface area contributed by atoms with E-state index in [1.54, 1.807) is 24.9 Å². The van der Waals surface area contributed by atoms with Gasteiger partial charge in [-0.3, -0.25) is 18.6 Å². The Kier molecular flexibility index (Phi) is 3.50. The Morgan fingerprint density at radius 2 is 1.76 bits per heavy atom. The third-order valence-electron chi connectivity index (χ3n) is 2.72. The molecule has 0 unspecified atom stereocenters. The molecule has 0 saturated heterocycles. The van der Waals surface area contributed by atoms with E-state index in [1.165, 1.54) is 9.13 Å². The third kappa shape index (κ3) is 1.67. The topological polar surface area (TPSA) is 61.8 Å². The van der Waals surface area contributed by atoms with Gasteiger partial charge in [-0.1, -0.05) is 0 Å². The van der Waals surface area contributed by atoms with Crippen molar-refractivity contribution in [3.8, 4) is 0 Å². The predicted octanol–water partition coefficient (Wildman–Crippen LogP) is 0.0890. The monoisotopic (exact) mass is 242 g/mol. The van der Waals surface area contributed by atoms with Gasteiger partial charge in [0.2, 0.25) is 0 Å². The van der Waals surface area contributed by atoms with Crippen LogP contribution in [0.2, 0.25) is 0 Å². The van der Waals surface area contributed by atoms with Gasteiger partial charge in [0.1, 0.15) is 0 Å². The molecule has 2 rings (SSSR count). The van der Waals surface area contributed by atoms with E-state index >= 15 is 0 Å². The molecule has 0 aliphatic carbocycles. The zero-order valence-electron chi connectivity index (χ0n) is 10.0. The summed E-state index contributed by atoms with van der Waals surface area (Å²) in [4.78, 5) is 28.1. The quantitative estimate of drug-likeness (QED) is 0.749. The van der Waals surface area contributed by atoms with Crippen molar-refractivity contribution in [1.29, 1.82) is 0 Å². The molecule has 0 saturated carbocycles. The van der Waals surface area contributed by atoms with Crippen molar-refractivity contribution < 1.29 is 4.70 Å². The van der Waals surface area contributed by atoms with Crippen molar-refractivity contribution in [3.63, 3.8) is 0 Å². The van der Waals surface area contributed by atoms with Crippen LogP contribution in [0.5, 0.6) is 0 Å². The van der Waals surface area contributed by atoms with Crippen LogP contribution in [0.1, 0.15) is 13.8 Å².